The van der Waals surface area contributed by atoms with Gasteiger partial charge in [-0.25, -0.2) is 0 Å². The largest absolute Gasteiger partial charge is 0.493 e. The van der Waals surface area contributed by atoms with Crippen LogP contribution in [0.25, 0.3) is 0 Å². The number of hydrogen-bond acceptors (Lipinski definition) is 4. The lowest BCUT2D eigenvalue weighted by Crippen LogP contribution is -2.50. The zero-order valence-corrected chi connectivity index (χ0v) is 16.6. The van der Waals surface area contributed by atoms with E-state index in [1.54, 1.807) is 41.4 Å². The second-order valence-electron chi connectivity index (χ2n) is 7.36. The molecule has 1 saturated heterocycles. The van der Waals surface area contributed by atoms with Crippen molar-refractivity contribution < 1.29 is 14.3 Å². The van der Waals surface area contributed by atoms with Gasteiger partial charge in [0, 0.05) is 41.8 Å². The average molecular weight is 402 g/mol. The smallest absolute Gasteiger partial charge is 0.255 e. The van der Waals surface area contributed by atoms with Crippen LogP contribution in [0.3, 0.4) is 0 Å². The van der Waals surface area contributed by atoms with Crippen molar-refractivity contribution in [3.63, 3.8) is 0 Å². The van der Waals surface area contributed by atoms with E-state index in [1.165, 1.54) is 0 Å². The van der Waals surface area contributed by atoms with Crippen LogP contribution < -0.4 is 10.5 Å². The van der Waals surface area contributed by atoms with E-state index in [0.717, 1.165) is 12.8 Å². The second kappa shape index (κ2) is 8.61. The first-order chi connectivity index (χ1) is 13.4. The van der Waals surface area contributed by atoms with Gasteiger partial charge in [-0.15, -0.1) is 0 Å². The maximum atomic E-state index is 13.0. The van der Waals surface area contributed by atoms with Crippen LogP contribution in [-0.2, 0) is 4.79 Å². The summed E-state index contributed by atoms with van der Waals surface area (Å²) in [7, 11) is 0. The number of nitrogens with two attached hydrogens (primary N) is 1. The van der Waals surface area contributed by atoms with E-state index in [1.807, 2.05) is 13.0 Å². The van der Waals surface area contributed by atoms with Crippen LogP contribution in [0.15, 0.2) is 42.6 Å². The number of piperidine rings is 1. The molecule has 1 aromatic heterocycles. The predicted octanol–water partition coefficient (Wildman–Crippen LogP) is 3.22. The second-order valence-corrected chi connectivity index (χ2v) is 7.79. The molecule has 1 aliphatic rings. The Labute approximate surface area is 169 Å². The Morgan fingerprint density at radius 1 is 1.32 bits per heavy atom. The van der Waals surface area contributed by atoms with Crippen LogP contribution in [0, 0.1) is 12.3 Å². The van der Waals surface area contributed by atoms with E-state index in [2.05, 4.69) is 4.98 Å². The Morgan fingerprint density at radius 3 is 2.86 bits per heavy atom. The molecule has 0 spiro atoms. The molecule has 3 rings (SSSR count). The number of carbonyl (C=O) groups excluding carboxylic acids is 2. The number of primary amides is 1. The van der Waals surface area contributed by atoms with Gasteiger partial charge >= 0.3 is 0 Å². The van der Waals surface area contributed by atoms with Gasteiger partial charge in [-0.2, -0.15) is 0 Å². The number of halogens is 1. The number of rotatable bonds is 6. The molecule has 6 nitrogen and oxygen atoms in total. The summed E-state index contributed by atoms with van der Waals surface area (Å²) in [6, 6.07) is 10.6. The maximum Gasteiger partial charge on any atom is 0.255 e. The molecule has 1 aliphatic heterocycles. The van der Waals surface area contributed by atoms with Crippen LogP contribution in [0.1, 0.15) is 35.3 Å². The Balaban J connectivity index is 1.79. The first-order valence-corrected chi connectivity index (χ1v) is 9.64. The first kappa shape index (κ1) is 20.1. The molecule has 2 amide bonds. The summed E-state index contributed by atoms with van der Waals surface area (Å²) >= 11 is 6.02. The summed E-state index contributed by atoms with van der Waals surface area (Å²) in [4.78, 5) is 30.8. The Hall–Kier alpha value is -2.60. The van der Waals surface area contributed by atoms with Crippen molar-refractivity contribution in [1.29, 1.82) is 0 Å². The fraction of sp³-hybridized carbons (Fsp3) is 0.381. The van der Waals surface area contributed by atoms with E-state index >= 15 is 0 Å². The molecule has 1 unspecified atom stereocenters. The van der Waals surface area contributed by atoms with E-state index in [-0.39, 0.29) is 18.9 Å². The van der Waals surface area contributed by atoms with Crippen molar-refractivity contribution in [2.24, 2.45) is 11.1 Å². The zero-order valence-electron chi connectivity index (χ0n) is 15.9. The molecule has 0 radical (unpaired) electrons. The van der Waals surface area contributed by atoms with Crippen LogP contribution in [0.4, 0.5) is 0 Å². The van der Waals surface area contributed by atoms with Gasteiger partial charge in [-0.3, -0.25) is 14.6 Å². The highest BCUT2D eigenvalue weighted by atomic mass is 35.5. The summed E-state index contributed by atoms with van der Waals surface area (Å²) in [5.41, 5.74) is 6.27. The molecule has 148 valence electrons. The number of amides is 2. The monoisotopic (exact) mass is 401 g/mol. The van der Waals surface area contributed by atoms with Crippen molar-refractivity contribution in [3.8, 4) is 5.75 Å². The van der Waals surface area contributed by atoms with Gasteiger partial charge in [0.05, 0.1) is 12.2 Å². The summed E-state index contributed by atoms with van der Waals surface area (Å²) in [6.07, 6.45) is 3.35. The van der Waals surface area contributed by atoms with Crippen molar-refractivity contribution in [2.75, 3.05) is 19.7 Å². The molecule has 1 atom stereocenters. The molecular formula is C21H24ClN3O3. The highest BCUT2D eigenvalue weighted by Crippen LogP contribution is 2.35. The standard InChI is InChI=1S/C21H24ClN3O3/c1-15-18(7-3-9-24-15)20(27)25-10-4-8-21(13-25,12-19(23)26)14-28-17-6-2-5-16(22)11-17/h2-3,5-7,9,11H,4,8,10,12-14H2,1H3,(H2,23,26). The van der Waals surface area contributed by atoms with Gasteiger partial charge in [0.25, 0.3) is 5.91 Å². The number of pyridine rings is 1. The minimum atomic E-state index is -0.530. The minimum Gasteiger partial charge on any atom is -0.493 e. The molecular weight excluding hydrogens is 378 g/mol. The van der Waals surface area contributed by atoms with Gasteiger partial charge in [-0.1, -0.05) is 17.7 Å². The molecule has 7 heteroatoms. The molecule has 0 aliphatic carbocycles. The number of carbonyl (C=O) groups is 2. The molecule has 2 N–H and O–H groups in total. The van der Waals surface area contributed by atoms with Gasteiger partial charge in [0.2, 0.25) is 5.91 Å². The lowest BCUT2D eigenvalue weighted by molar-refractivity contribution is -0.122. The quantitative estimate of drug-likeness (QED) is 0.805. The van der Waals surface area contributed by atoms with Crippen molar-refractivity contribution in [3.05, 3.63) is 58.9 Å². The van der Waals surface area contributed by atoms with Crippen molar-refractivity contribution >= 4 is 23.4 Å². The summed E-state index contributed by atoms with van der Waals surface area (Å²) < 4.78 is 5.95. The zero-order chi connectivity index (χ0) is 20.1. The number of benzene rings is 1. The lowest BCUT2D eigenvalue weighted by atomic mass is 9.77. The molecule has 0 saturated carbocycles. The predicted molar refractivity (Wildman–Crippen MR) is 107 cm³/mol. The van der Waals surface area contributed by atoms with Crippen LogP contribution in [0.5, 0.6) is 5.75 Å². The van der Waals surface area contributed by atoms with E-state index in [9.17, 15) is 9.59 Å². The minimum absolute atomic E-state index is 0.0816. The van der Waals surface area contributed by atoms with Gasteiger partial charge in [-0.05, 0) is 50.1 Å². The fourth-order valence-electron chi connectivity index (χ4n) is 3.74. The van der Waals surface area contributed by atoms with Crippen LogP contribution in [0.2, 0.25) is 5.02 Å². The normalized spacial score (nSPS) is 19.3. The van der Waals surface area contributed by atoms with Crippen LogP contribution in [-0.4, -0.2) is 41.4 Å². The molecule has 28 heavy (non-hydrogen) atoms. The van der Waals surface area contributed by atoms with Gasteiger partial charge in [0.1, 0.15) is 5.75 Å². The number of ether oxygens (including phenoxy) is 1. The summed E-state index contributed by atoms with van der Waals surface area (Å²) in [6.45, 7) is 3.14. The van der Waals surface area contributed by atoms with Crippen LogP contribution >= 0.6 is 11.6 Å². The number of aromatic nitrogens is 1. The highest BCUT2D eigenvalue weighted by Gasteiger charge is 2.40. The Kier molecular flexibility index (Phi) is 6.19. The third-order valence-electron chi connectivity index (χ3n) is 5.08. The number of hydrogen-bond donors (Lipinski definition) is 1. The Morgan fingerprint density at radius 2 is 2.14 bits per heavy atom. The topological polar surface area (TPSA) is 85.5 Å². The van der Waals surface area contributed by atoms with E-state index in [4.69, 9.17) is 22.1 Å². The summed E-state index contributed by atoms with van der Waals surface area (Å²) in [5, 5.41) is 0.578. The maximum absolute atomic E-state index is 13.0. The molecule has 0 bridgehead atoms. The Bertz CT molecular complexity index is 873. The molecule has 2 heterocycles. The molecule has 1 aromatic carbocycles. The van der Waals surface area contributed by atoms with Gasteiger partial charge < -0.3 is 15.4 Å². The van der Waals surface area contributed by atoms with E-state index < -0.39 is 11.3 Å². The molecule has 1 fully saturated rings. The van der Waals surface area contributed by atoms with E-state index in [0.29, 0.717) is 35.1 Å². The first-order valence-electron chi connectivity index (χ1n) is 9.26. The number of likely N-dealkylation sites (tertiary alicyclic amines) is 1. The van der Waals surface area contributed by atoms with Gasteiger partial charge in [0.15, 0.2) is 0 Å². The highest BCUT2D eigenvalue weighted by molar-refractivity contribution is 6.30. The lowest BCUT2D eigenvalue weighted by Gasteiger charge is -2.42. The number of nitrogens with zero attached hydrogens (tertiary/aromatic N) is 2. The third kappa shape index (κ3) is 4.81. The SMILES string of the molecule is Cc1ncccc1C(=O)N1CCCC(COc2cccc(Cl)c2)(CC(N)=O)C1. The number of aryl methyl sites for hydroxylation is 1. The third-order valence-corrected chi connectivity index (χ3v) is 5.31. The average Bonchev–Trinajstić information content (AvgIpc) is 2.66. The fourth-order valence-corrected chi connectivity index (χ4v) is 3.92. The van der Waals surface area contributed by atoms with Crippen molar-refractivity contribution in [1.82, 2.24) is 9.88 Å². The van der Waals surface area contributed by atoms with Crippen molar-refractivity contribution in [2.45, 2.75) is 26.2 Å². The summed E-state index contributed by atoms with van der Waals surface area (Å²) in [5.74, 6) is 0.145. The molecule has 2 aromatic rings.